The molecule has 1 unspecified atom stereocenters. The number of rotatable bonds is 4. The molecule has 90 valence electrons. The third kappa shape index (κ3) is 2.69. The van der Waals surface area contributed by atoms with Gasteiger partial charge in [-0.15, -0.1) is 0 Å². The van der Waals surface area contributed by atoms with E-state index in [4.69, 9.17) is 4.42 Å². The molecule has 1 atom stereocenters. The van der Waals surface area contributed by atoms with Crippen LogP contribution in [0.1, 0.15) is 23.7 Å². The van der Waals surface area contributed by atoms with Gasteiger partial charge in [0.15, 0.2) is 0 Å². The lowest BCUT2D eigenvalue weighted by Gasteiger charge is -2.11. The van der Waals surface area contributed by atoms with Gasteiger partial charge in [0.05, 0.1) is 5.56 Å². The predicted octanol–water partition coefficient (Wildman–Crippen LogP) is 3.34. The highest BCUT2D eigenvalue weighted by atomic mass is 79.9. The third-order valence-electron chi connectivity index (χ3n) is 2.65. The van der Waals surface area contributed by atoms with Gasteiger partial charge in [-0.1, -0.05) is 34.1 Å². The van der Waals surface area contributed by atoms with Crippen LogP contribution in [0.15, 0.2) is 34.9 Å². The summed E-state index contributed by atoms with van der Waals surface area (Å²) in [5, 5.41) is 4.68. The number of hydrogen-bond donors (Lipinski definition) is 1. The molecular formula is C13H14BrNO2. The van der Waals surface area contributed by atoms with E-state index < -0.39 is 0 Å². The Morgan fingerprint density at radius 2 is 2.24 bits per heavy atom. The van der Waals surface area contributed by atoms with Crippen molar-refractivity contribution in [1.29, 1.82) is 0 Å². The second-order valence-corrected chi connectivity index (χ2v) is 4.79. The topological polar surface area (TPSA) is 42.2 Å². The van der Waals surface area contributed by atoms with Gasteiger partial charge in [-0.25, -0.2) is 0 Å². The molecule has 2 aromatic rings. The number of carbonyl (C=O) groups is 1. The van der Waals surface area contributed by atoms with E-state index in [0.29, 0.717) is 5.56 Å². The highest BCUT2D eigenvalue weighted by Gasteiger charge is 2.14. The van der Waals surface area contributed by atoms with Crippen LogP contribution in [-0.4, -0.2) is 17.3 Å². The smallest absolute Gasteiger partial charge is 0.255 e. The molecule has 0 saturated carbocycles. The maximum atomic E-state index is 12.0. The van der Waals surface area contributed by atoms with Crippen molar-refractivity contribution >= 4 is 32.8 Å². The average molecular weight is 296 g/mol. The minimum Gasteiger partial charge on any atom is -0.463 e. The Kier molecular flexibility index (Phi) is 3.84. The number of halogens is 1. The summed E-state index contributed by atoms with van der Waals surface area (Å²) in [6.45, 7) is 1.99. The Bertz CT molecular complexity index is 521. The number of fused-ring (bicyclic) bond motifs is 1. The summed E-state index contributed by atoms with van der Waals surface area (Å²) in [5.74, 6) is -0.0802. The van der Waals surface area contributed by atoms with E-state index in [2.05, 4.69) is 21.2 Å². The van der Waals surface area contributed by atoms with Crippen molar-refractivity contribution in [3.8, 4) is 0 Å². The summed E-state index contributed by atoms with van der Waals surface area (Å²) in [4.78, 5) is 12.0. The van der Waals surface area contributed by atoms with Crippen LogP contribution in [0.25, 0.3) is 11.0 Å². The van der Waals surface area contributed by atoms with Gasteiger partial charge in [-0.05, 0) is 19.4 Å². The van der Waals surface area contributed by atoms with Crippen molar-refractivity contribution in [3.63, 3.8) is 0 Å². The molecule has 1 aromatic heterocycles. The second-order valence-electron chi connectivity index (χ2n) is 4.00. The van der Waals surface area contributed by atoms with E-state index in [0.717, 1.165) is 22.7 Å². The molecule has 0 aliphatic heterocycles. The first-order chi connectivity index (χ1) is 8.22. The second kappa shape index (κ2) is 5.36. The maximum Gasteiger partial charge on any atom is 0.255 e. The fourth-order valence-electron chi connectivity index (χ4n) is 1.69. The largest absolute Gasteiger partial charge is 0.463 e. The van der Waals surface area contributed by atoms with Gasteiger partial charge < -0.3 is 9.73 Å². The molecule has 1 aromatic carbocycles. The van der Waals surface area contributed by atoms with Crippen LogP contribution in [-0.2, 0) is 0 Å². The molecule has 0 radical (unpaired) electrons. The van der Waals surface area contributed by atoms with Gasteiger partial charge in [-0.2, -0.15) is 0 Å². The number of benzene rings is 1. The summed E-state index contributed by atoms with van der Waals surface area (Å²) in [6.07, 6.45) is 2.42. The average Bonchev–Trinajstić information content (AvgIpc) is 2.72. The van der Waals surface area contributed by atoms with Crippen LogP contribution >= 0.6 is 15.9 Å². The summed E-state index contributed by atoms with van der Waals surface area (Å²) < 4.78 is 5.34. The summed E-state index contributed by atoms with van der Waals surface area (Å²) in [6, 6.07) is 7.68. The number of alkyl halides is 1. The summed E-state index contributed by atoms with van der Waals surface area (Å²) in [5.41, 5.74) is 1.34. The van der Waals surface area contributed by atoms with E-state index in [1.165, 1.54) is 6.26 Å². The Labute approximate surface area is 108 Å². The summed E-state index contributed by atoms with van der Waals surface area (Å²) in [7, 11) is 0. The van der Waals surface area contributed by atoms with Crippen LogP contribution < -0.4 is 5.32 Å². The molecule has 4 heteroatoms. The Morgan fingerprint density at radius 1 is 1.47 bits per heavy atom. The zero-order chi connectivity index (χ0) is 12.3. The van der Waals surface area contributed by atoms with Gasteiger partial charge >= 0.3 is 0 Å². The monoisotopic (exact) mass is 295 g/mol. The van der Waals surface area contributed by atoms with E-state index in [-0.39, 0.29) is 11.9 Å². The summed E-state index contributed by atoms with van der Waals surface area (Å²) >= 11 is 3.36. The van der Waals surface area contributed by atoms with Crippen LogP contribution in [0.4, 0.5) is 0 Å². The molecule has 0 aliphatic carbocycles. The Morgan fingerprint density at radius 3 is 3.00 bits per heavy atom. The first-order valence-corrected chi connectivity index (χ1v) is 6.67. The predicted molar refractivity (Wildman–Crippen MR) is 71.6 cm³/mol. The highest BCUT2D eigenvalue weighted by molar-refractivity contribution is 9.09. The molecular weight excluding hydrogens is 282 g/mol. The molecule has 0 fully saturated rings. The molecule has 17 heavy (non-hydrogen) atoms. The van der Waals surface area contributed by atoms with Crippen LogP contribution in [0.5, 0.6) is 0 Å². The van der Waals surface area contributed by atoms with Crippen molar-refractivity contribution in [2.45, 2.75) is 19.4 Å². The van der Waals surface area contributed by atoms with Gasteiger partial charge in [0, 0.05) is 16.8 Å². The minimum atomic E-state index is -0.0802. The van der Waals surface area contributed by atoms with Crippen molar-refractivity contribution in [3.05, 3.63) is 36.1 Å². The molecule has 3 nitrogen and oxygen atoms in total. The normalized spacial score (nSPS) is 12.6. The highest BCUT2D eigenvalue weighted by Crippen LogP contribution is 2.20. The minimum absolute atomic E-state index is 0.0802. The van der Waals surface area contributed by atoms with E-state index in [1.54, 1.807) is 0 Å². The van der Waals surface area contributed by atoms with Crippen LogP contribution in [0, 0.1) is 0 Å². The number of amides is 1. The quantitative estimate of drug-likeness (QED) is 0.879. The van der Waals surface area contributed by atoms with Gasteiger partial charge in [0.2, 0.25) is 0 Å². The number of hydrogen-bond acceptors (Lipinski definition) is 2. The molecule has 1 amide bonds. The van der Waals surface area contributed by atoms with Gasteiger partial charge in [0.25, 0.3) is 5.91 Å². The Hall–Kier alpha value is -1.29. The zero-order valence-corrected chi connectivity index (χ0v) is 11.2. The van der Waals surface area contributed by atoms with Crippen molar-refractivity contribution in [2.24, 2.45) is 0 Å². The lowest BCUT2D eigenvalue weighted by Crippen LogP contribution is -2.32. The molecule has 0 aliphatic rings. The van der Waals surface area contributed by atoms with Gasteiger partial charge in [0.1, 0.15) is 11.8 Å². The molecule has 2 rings (SSSR count). The Balaban J connectivity index is 2.19. The lowest BCUT2D eigenvalue weighted by molar-refractivity contribution is 0.0940. The van der Waals surface area contributed by atoms with Gasteiger partial charge in [-0.3, -0.25) is 4.79 Å². The third-order valence-corrected chi connectivity index (χ3v) is 3.10. The van der Waals surface area contributed by atoms with E-state index in [1.807, 2.05) is 31.2 Å². The number of carbonyl (C=O) groups excluding carboxylic acids is 1. The number of nitrogens with one attached hydrogen (secondary N) is 1. The molecule has 0 spiro atoms. The maximum absolute atomic E-state index is 12.0. The van der Waals surface area contributed by atoms with E-state index >= 15 is 0 Å². The van der Waals surface area contributed by atoms with Crippen molar-refractivity contribution in [2.75, 3.05) is 5.33 Å². The first-order valence-electron chi connectivity index (χ1n) is 5.55. The standard InChI is InChI=1S/C13H14BrNO2/c1-9(6-7-14)15-13(16)11-8-17-12-5-3-2-4-10(11)12/h2-5,8-9H,6-7H2,1H3,(H,15,16). The molecule has 0 bridgehead atoms. The fraction of sp³-hybridized carbons (Fsp3) is 0.308. The molecule has 1 N–H and O–H groups in total. The zero-order valence-electron chi connectivity index (χ0n) is 9.57. The number of para-hydroxylation sites is 1. The fourth-order valence-corrected chi connectivity index (χ4v) is 2.38. The SMILES string of the molecule is CC(CCBr)NC(=O)c1coc2ccccc12. The first kappa shape index (κ1) is 12.2. The number of furan rings is 1. The van der Waals surface area contributed by atoms with Crippen LogP contribution in [0.3, 0.4) is 0 Å². The lowest BCUT2D eigenvalue weighted by atomic mass is 10.1. The molecule has 1 heterocycles. The van der Waals surface area contributed by atoms with E-state index in [9.17, 15) is 4.79 Å². The van der Waals surface area contributed by atoms with Crippen molar-refractivity contribution < 1.29 is 9.21 Å². The van der Waals surface area contributed by atoms with Crippen LogP contribution in [0.2, 0.25) is 0 Å². The molecule has 0 saturated heterocycles. The van der Waals surface area contributed by atoms with Crippen molar-refractivity contribution in [1.82, 2.24) is 5.32 Å².